The molecule has 0 aliphatic heterocycles. The molecule has 0 unspecified atom stereocenters. The van der Waals surface area contributed by atoms with Crippen LogP contribution in [0.15, 0.2) is 42.5 Å². The first-order chi connectivity index (χ1) is 11.0. The number of hydrogen-bond acceptors (Lipinski definition) is 3. The van der Waals surface area contributed by atoms with Gasteiger partial charge in [-0.25, -0.2) is 0 Å². The number of nitrogens with one attached hydrogen (secondary N) is 2. The molecule has 0 radical (unpaired) electrons. The van der Waals surface area contributed by atoms with Gasteiger partial charge in [-0.05, 0) is 57.0 Å². The average molecular weight is 312 g/mol. The van der Waals surface area contributed by atoms with Crippen LogP contribution < -0.4 is 15.4 Å². The molecular weight excluding hydrogens is 284 g/mol. The van der Waals surface area contributed by atoms with E-state index in [2.05, 4.69) is 54.8 Å². The van der Waals surface area contributed by atoms with Crippen LogP contribution in [0.4, 0.5) is 5.69 Å². The van der Waals surface area contributed by atoms with E-state index in [-0.39, 0.29) is 6.10 Å². The van der Waals surface area contributed by atoms with E-state index in [0.29, 0.717) is 0 Å². The number of ether oxygens (including phenoxy) is 1. The highest BCUT2D eigenvalue weighted by atomic mass is 16.5. The molecule has 0 saturated heterocycles. The topological polar surface area (TPSA) is 33.3 Å². The Hall–Kier alpha value is -2.00. The van der Waals surface area contributed by atoms with Crippen LogP contribution in [0.5, 0.6) is 5.75 Å². The van der Waals surface area contributed by atoms with E-state index in [4.69, 9.17) is 4.74 Å². The summed E-state index contributed by atoms with van der Waals surface area (Å²) < 4.78 is 5.65. The Kier molecular flexibility index (Phi) is 6.48. The maximum atomic E-state index is 5.65. The average Bonchev–Trinajstić information content (AvgIpc) is 2.50. The van der Waals surface area contributed by atoms with Gasteiger partial charge in [0.05, 0.1) is 6.10 Å². The second kappa shape index (κ2) is 8.59. The molecule has 0 aliphatic carbocycles. The summed E-state index contributed by atoms with van der Waals surface area (Å²) in [5.41, 5.74) is 5.09. The lowest BCUT2D eigenvalue weighted by atomic mass is 10.1. The molecule has 0 spiro atoms. The fourth-order valence-corrected chi connectivity index (χ4v) is 2.49. The fraction of sp³-hybridized carbons (Fsp3) is 0.400. The van der Waals surface area contributed by atoms with Crippen molar-refractivity contribution in [2.75, 3.05) is 18.4 Å². The Morgan fingerprint density at radius 3 is 2.35 bits per heavy atom. The predicted octanol–water partition coefficient (Wildman–Crippen LogP) is 4.29. The van der Waals surface area contributed by atoms with Crippen LogP contribution in [-0.2, 0) is 6.54 Å². The summed E-state index contributed by atoms with van der Waals surface area (Å²) in [7, 11) is 0. The SMILES string of the molecule is Cc1ccc(NCCNCc2ccc(OC(C)C)cc2)c(C)c1. The minimum atomic E-state index is 0.218. The van der Waals surface area contributed by atoms with E-state index in [1.807, 2.05) is 26.0 Å². The van der Waals surface area contributed by atoms with Crippen molar-refractivity contribution < 1.29 is 4.74 Å². The quantitative estimate of drug-likeness (QED) is 0.713. The van der Waals surface area contributed by atoms with Crippen LogP contribution >= 0.6 is 0 Å². The zero-order chi connectivity index (χ0) is 16.7. The third kappa shape index (κ3) is 5.95. The van der Waals surface area contributed by atoms with Crippen molar-refractivity contribution in [2.24, 2.45) is 0 Å². The minimum absolute atomic E-state index is 0.218. The predicted molar refractivity (Wildman–Crippen MR) is 98.3 cm³/mol. The van der Waals surface area contributed by atoms with Crippen molar-refractivity contribution >= 4 is 5.69 Å². The summed E-state index contributed by atoms with van der Waals surface area (Å²) in [5.74, 6) is 0.931. The molecule has 2 N–H and O–H groups in total. The molecule has 3 nitrogen and oxygen atoms in total. The number of rotatable bonds is 8. The number of benzene rings is 2. The fourth-order valence-electron chi connectivity index (χ4n) is 2.49. The monoisotopic (exact) mass is 312 g/mol. The molecule has 124 valence electrons. The zero-order valence-electron chi connectivity index (χ0n) is 14.6. The second-order valence-electron chi connectivity index (χ2n) is 6.23. The first kappa shape index (κ1) is 17.4. The molecule has 23 heavy (non-hydrogen) atoms. The molecule has 2 rings (SSSR count). The highest BCUT2D eigenvalue weighted by molar-refractivity contribution is 5.51. The molecule has 2 aromatic carbocycles. The molecule has 0 fully saturated rings. The first-order valence-corrected chi connectivity index (χ1v) is 8.32. The largest absolute Gasteiger partial charge is 0.491 e. The molecule has 0 bridgehead atoms. The Morgan fingerprint density at radius 1 is 0.957 bits per heavy atom. The van der Waals surface area contributed by atoms with E-state index in [1.165, 1.54) is 22.4 Å². The van der Waals surface area contributed by atoms with E-state index in [1.54, 1.807) is 0 Å². The number of hydrogen-bond donors (Lipinski definition) is 2. The van der Waals surface area contributed by atoms with E-state index >= 15 is 0 Å². The van der Waals surface area contributed by atoms with E-state index < -0.39 is 0 Å². The minimum Gasteiger partial charge on any atom is -0.491 e. The third-order valence-electron chi connectivity index (χ3n) is 3.62. The molecular formula is C20H28N2O. The van der Waals surface area contributed by atoms with Crippen molar-refractivity contribution in [3.05, 3.63) is 59.2 Å². The molecule has 0 atom stereocenters. The summed E-state index contributed by atoms with van der Waals surface area (Å²) in [6, 6.07) is 14.8. The Morgan fingerprint density at radius 2 is 1.70 bits per heavy atom. The van der Waals surface area contributed by atoms with Gasteiger partial charge in [-0.15, -0.1) is 0 Å². The molecule has 3 heteroatoms. The van der Waals surface area contributed by atoms with Crippen LogP contribution in [0, 0.1) is 13.8 Å². The lowest BCUT2D eigenvalue weighted by molar-refractivity contribution is 0.242. The summed E-state index contributed by atoms with van der Waals surface area (Å²) in [6.45, 7) is 11.1. The van der Waals surface area contributed by atoms with Gasteiger partial charge < -0.3 is 15.4 Å². The Labute approximate surface area is 140 Å². The van der Waals surface area contributed by atoms with Crippen molar-refractivity contribution in [3.63, 3.8) is 0 Å². The van der Waals surface area contributed by atoms with Crippen LogP contribution in [0.2, 0.25) is 0 Å². The Balaban J connectivity index is 1.69. The maximum absolute atomic E-state index is 5.65. The summed E-state index contributed by atoms with van der Waals surface area (Å²) in [5, 5.41) is 6.93. The van der Waals surface area contributed by atoms with Gasteiger partial charge in [0.1, 0.15) is 5.75 Å². The molecule has 0 aliphatic rings. The van der Waals surface area contributed by atoms with Crippen LogP contribution in [0.25, 0.3) is 0 Å². The van der Waals surface area contributed by atoms with Gasteiger partial charge in [0.15, 0.2) is 0 Å². The molecule has 2 aromatic rings. The zero-order valence-corrected chi connectivity index (χ0v) is 14.6. The van der Waals surface area contributed by atoms with Crippen molar-refractivity contribution in [1.29, 1.82) is 0 Å². The van der Waals surface area contributed by atoms with Gasteiger partial charge in [-0.1, -0.05) is 29.8 Å². The number of anilines is 1. The van der Waals surface area contributed by atoms with Crippen LogP contribution in [0.3, 0.4) is 0 Å². The van der Waals surface area contributed by atoms with E-state index in [0.717, 1.165) is 25.4 Å². The molecule has 0 aromatic heterocycles. The molecule has 0 heterocycles. The first-order valence-electron chi connectivity index (χ1n) is 8.32. The second-order valence-corrected chi connectivity index (χ2v) is 6.23. The van der Waals surface area contributed by atoms with Gasteiger partial charge >= 0.3 is 0 Å². The smallest absolute Gasteiger partial charge is 0.119 e. The van der Waals surface area contributed by atoms with Crippen molar-refractivity contribution in [3.8, 4) is 5.75 Å². The maximum Gasteiger partial charge on any atom is 0.119 e. The van der Waals surface area contributed by atoms with Crippen LogP contribution in [0.1, 0.15) is 30.5 Å². The van der Waals surface area contributed by atoms with Gasteiger partial charge in [-0.2, -0.15) is 0 Å². The van der Waals surface area contributed by atoms with Gasteiger partial charge in [-0.3, -0.25) is 0 Å². The van der Waals surface area contributed by atoms with Crippen LogP contribution in [-0.4, -0.2) is 19.2 Å². The van der Waals surface area contributed by atoms with E-state index in [9.17, 15) is 0 Å². The lowest BCUT2D eigenvalue weighted by Crippen LogP contribution is -2.22. The summed E-state index contributed by atoms with van der Waals surface area (Å²) in [6.07, 6.45) is 0.218. The van der Waals surface area contributed by atoms with Crippen molar-refractivity contribution in [2.45, 2.75) is 40.3 Å². The lowest BCUT2D eigenvalue weighted by Gasteiger charge is -2.12. The number of aryl methyl sites for hydroxylation is 2. The molecule has 0 amide bonds. The Bertz CT molecular complexity index is 606. The third-order valence-corrected chi connectivity index (χ3v) is 3.62. The normalized spacial score (nSPS) is 10.8. The van der Waals surface area contributed by atoms with Gasteiger partial charge in [0, 0.05) is 25.3 Å². The summed E-state index contributed by atoms with van der Waals surface area (Å²) in [4.78, 5) is 0. The highest BCUT2D eigenvalue weighted by Gasteiger charge is 1.99. The van der Waals surface area contributed by atoms with Gasteiger partial charge in [0.25, 0.3) is 0 Å². The highest BCUT2D eigenvalue weighted by Crippen LogP contribution is 2.15. The standard InChI is InChI=1S/C20H28N2O/c1-15(2)23-19-8-6-18(7-9-19)14-21-11-12-22-20-10-5-16(3)13-17(20)4/h5-10,13,15,21-22H,11-12,14H2,1-4H3. The van der Waals surface area contributed by atoms with Crippen molar-refractivity contribution in [1.82, 2.24) is 5.32 Å². The van der Waals surface area contributed by atoms with Gasteiger partial charge in [0.2, 0.25) is 0 Å². The summed E-state index contributed by atoms with van der Waals surface area (Å²) >= 11 is 0. The molecule has 0 saturated carbocycles.